The summed E-state index contributed by atoms with van der Waals surface area (Å²) < 4.78 is 0. The molecule has 1 unspecified atom stereocenters. The zero-order chi connectivity index (χ0) is 23.4. The number of carbonyl (C=O) groups is 4. The summed E-state index contributed by atoms with van der Waals surface area (Å²) in [6, 6.07) is 18.7. The molecule has 0 aliphatic carbocycles. The number of thiophene rings is 1. The largest absolute Gasteiger partial charge is 0.344 e. The first-order valence-corrected chi connectivity index (χ1v) is 11.2. The first kappa shape index (κ1) is 22.2. The minimum absolute atomic E-state index is 0.192. The predicted molar refractivity (Wildman–Crippen MR) is 125 cm³/mol. The van der Waals surface area contributed by atoms with Crippen LogP contribution in [0.2, 0.25) is 0 Å². The highest BCUT2D eigenvalue weighted by molar-refractivity contribution is 7.12. The first-order chi connectivity index (χ1) is 15.9. The molecule has 0 saturated carbocycles. The second kappa shape index (κ2) is 9.25. The Morgan fingerprint density at radius 2 is 1.79 bits per heavy atom. The van der Waals surface area contributed by atoms with Crippen molar-refractivity contribution in [1.29, 1.82) is 0 Å². The zero-order valence-corrected chi connectivity index (χ0v) is 18.6. The van der Waals surface area contributed by atoms with Crippen LogP contribution in [0, 0.1) is 0 Å². The topological polar surface area (TPSA) is 108 Å². The van der Waals surface area contributed by atoms with E-state index in [0.29, 0.717) is 28.4 Å². The van der Waals surface area contributed by atoms with Gasteiger partial charge in [-0.05, 0) is 55.0 Å². The number of imide groups is 1. The lowest BCUT2D eigenvalue weighted by atomic mass is 9.93. The highest BCUT2D eigenvalue weighted by Crippen LogP contribution is 2.23. The van der Waals surface area contributed by atoms with Crippen LogP contribution >= 0.6 is 11.3 Å². The SMILES string of the molecule is CC1(CCc2ccccc2)NC(=O)N(NC(=O)c2cccc(NC(=O)c3cccs3)c2)C1=O. The Balaban J connectivity index is 1.41. The number of hydrogen-bond donors (Lipinski definition) is 3. The highest BCUT2D eigenvalue weighted by atomic mass is 32.1. The molecule has 2 heterocycles. The lowest BCUT2D eigenvalue weighted by Gasteiger charge is -2.21. The standard InChI is InChI=1S/C24H22N4O4S/c1-24(13-12-16-7-3-2-4-8-16)22(31)28(23(32)26-24)27-20(29)17-9-5-10-18(15-17)25-21(30)19-11-6-14-33-19/h2-11,14-15H,12-13H2,1H3,(H,25,30)(H,26,32)(H,27,29). The molecule has 4 rings (SSSR count). The van der Waals surface area contributed by atoms with Crippen LogP contribution in [0.3, 0.4) is 0 Å². The number of aryl methyl sites for hydroxylation is 1. The van der Waals surface area contributed by atoms with Crippen LogP contribution in [0.15, 0.2) is 72.1 Å². The molecule has 3 aromatic rings. The molecule has 0 bridgehead atoms. The van der Waals surface area contributed by atoms with Crippen molar-refractivity contribution in [3.63, 3.8) is 0 Å². The van der Waals surface area contributed by atoms with Crippen LogP contribution in [0.1, 0.15) is 38.9 Å². The van der Waals surface area contributed by atoms with E-state index in [1.165, 1.54) is 23.5 Å². The molecule has 33 heavy (non-hydrogen) atoms. The van der Waals surface area contributed by atoms with Crippen LogP contribution in [0.5, 0.6) is 0 Å². The molecule has 2 aromatic carbocycles. The maximum atomic E-state index is 12.9. The summed E-state index contributed by atoms with van der Waals surface area (Å²) in [7, 11) is 0. The molecule has 168 valence electrons. The third-order valence-corrected chi connectivity index (χ3v) is 6.23. The van der Waals surface area contributed by atoms with E-state index in [1.807, 2.05) is 30.3 Å². The number of hydrogen-bond acceptors (Lipinski definition) is 5. The van der Waals surface area contributed by atoms with Crippen molar-refractivity contribution >= 4 is 40.8 Å². The Morgan fingerprint density at radius 3 is 2.52 bits per heavy atom. The molecule has 8 nitrogen and oxygen atoms in total. The minimum Gasteiger partial charge on any atom is -0.322 e. The fraction of sp³-hybridized carbons (Fsp3) is 0.167. The molecule has 1 saturated heterocycles. The lowest BCUT2D eigenvalue weighted by molar-refractivity contribution is -0.132. The third kappa shape index (κ3) is 4.93. The van der Waals surface area contributed by atoms with Gasteiger partial charge in [-0.1, -0.05) is 42.5 Å². The van der Waals surface area contributed by atoms with Crippen molar-refractivity contribution < 1.29 is 19.2 Å². The monoisotopic (exact) mass is 462 g/mol. The Labute approximate surface area is 194 Å². The Morgan fingerprint density at radius 1 is 1.00 bits per heavy atom. The molecule has 1 aliphatic heterocycles. The number of urea groups is 1. The summed E-state index contributed by atoms with van der Waals surface area (Å²) in [6.07, 6.45) is 0.981. The predicted octanol–water partition coefficient (Wildman–Crippen LogP) is 3.59. The minimum atomic E-state index is -1.13. The smallest absolute Gasteiger partial charge is 0.322 e. The molecule has 5 amide bonds. The average Bonchev–Trinajstić information content (AvgIpc) is 3.43. The zero-order valence-electron chi connectivity index (χ0n) is 17.8. The molecule has 1 aromatic heterocycles. The number of nitrogens with one attached hydrogen (secondary N) is 3. The van der Waals surface area contributed by atoms with E-state index in [-0.39, 0.29) is 11.5 Å². The van der Waals surface area contributed by atoms with Gasteiger partial charge in [0.1, 0.15) is 5.54 Å². The molecule has 3 N–H and O–H groups in total. The van der Waals surface area contributed by atoms with E-state index in [1.54, 1.807) is 36.6 Å². The normalized spacial score (nSPS) is 17.5. The van der Waals surface area contributed by atoms with E-state index in [4.69, 9.17) is 0 Å². The number of anilines is 1. The second-order valence-corrected chi connectivity index (χ2v) is 8.79. The van der Waals surface area contributed by atoms with Crippen LogP contribution in [-0.4, -0.2) is 34.3 Å². The molecular weight excluding hydrogens is 440 g/mol. The quantitative estimate of drug-likeness (QED) is 0.467. The van der Waals surface area contributed by atoms with Crippen molar-refractivity contribution in [3.8, 4) is 0 Å². The molecule has 1 fully saturated rings. The van der Waals surface area contributed by atoms with Crippen molar-refractivity contribution in [2.24, 2.45) is 0 Å². The molecular formula is C24H22N4O4S. The van der Waals surface area contributed by atoms with E-state index < -0.39 is 23.4 Å². The highest BCUT2D eigenvalue weighted by Gasteiger charge is 2.48. The fourth-order valence-electron chi connectivity index (χ4n) is 3.50. The van der Waals surface area contributed by atoms with E-state index >= 15 is 0 Å². The molecule has 9 heteroatoms. The van der Waals surface area contributed by atoms with Crippen LogP contribution < -0.4 is 16.1 Å². The summed E-state index contributed by atoms with van der Waals surface area (Å²) in [5.41, 5.74) is 2.91. The fourth-order valence-corrected chi connectivity index (χ4v) is 4.12. The van der Waals surface area contributed by atoms with Gasteiger partial charge in [-0.25, -0.2) is 4.79 Å². The molecule has 1 aliphatic rings. The summed E-state index contributed by atoms with van der Waals surface area (Å²) in [5, 5.41) is 7.91. The van der Waals surface area contributed by atoms with Gasteiger partial charge in [-0.15, -0.1) is 11.3 Å². The van der Waals surface area contributed by atoms with Gasteiger partial charge >= 0.3 is 6.03 Å². The summed E-state index contributed by atoms with van der Waals surface area (Å²) >= 11 is 1.30. The van der Waals surface area contributed by atoms with Crippen LogP contribution in [0.25, 0.3) is 0 Å². The van der Waals surface area contributed by atoms with Crippen molar-refractivity contribution in [2.45, 2.75) is 25.3 Å². The van der Waals surface area contributed by atoms with Crippen LogP contribution in [0.4, 0.5) is 10.5 Å². The Bertz CT molecular complexity index is 1200. The van der Waals surface area contributed by atoms with Crippen molar-refractivity contribution in [3.05, 3.63) is 88.1 Å². The number of amides is 5. The third-order valence-electron chi connectivity index (χ3n) is 5.36. The van der Waals surface area contributed by atoms with Gasteiger partial charge in [0, 0.05) is 11.3 Å². The number of nitrogens with zero attached hydrogens (tertiary/aromatic N) is 1. The molecule has 1 atom stereocenters. The first-order valence-electron chi connectivity index (χ1n) is 10.3. The van der Waals surface area contributed by atoms with Crippen molar-refractivity contribution in [1.82, 2.24) is 15.8 Å². The summed E-state index contributed by atoms with van der Waals surface area (Å²) in [5.74, 6) is -1.46. The maximum Gasteiger partial charge on any atom is 0.344 e. The van der Waals surface area contributed by atoms with Gasteiger partial charge < -0.3 is 10.6 Å². The average molecular weight is 463 g/mol. The Hall–Kier alpha value is -3.98. The van der Waals surface area contributed by atoms with Gasteiger partial charge in [0.25, 0.3) is 17.7 Å². The van der Waals surface area contributed by atoms with Gasteiger partial charge in [0.05, 0.1) is 4.88 Å². The summed E-state index contributed by atoms with van der Waals surface area (Å²) in [4.78, 5) is 50.9. The van der Waals surface area contributed by atoms with Gasteiger partial charge in [0.2, 0.25) is 0 Å². The van der Waals surface area contributed by atoms with E-state index in [9.17, 15) is 19.2 Å². The molecule has 0 spiro atoms. The van der Waals surface area contributed by atoms with E-state index in [2.05, 4.69) is 16.1 Å². The van der Waals surface area contributed by atoms with Gasteiger partial charge in [-0.3, -0.25) is 19.8 Å². The van der Waals surface area contributed by atoms with E-state index in [0.717, 1.165) is 5.56 Å². The maximum absolute atomic E-state index is 12.9. The number of benzene rings is 2. The van der Waals surface area contributed by atoms with Gasteiger partial charge in [-0.2, -0.15) is 5.01 Å². The number of rotatable bonds is 7. The Kier molecular flexibility index (Phi) is 6.23. The van der Waals surface area contributed by atoms with Crippen LogP contribution in [-0.2, 0) is 11.2 Å². The van der Waals surface area contributed by atoms with Crippen molar-refractivity contribution in [2.75, 3.05) is 5.32 Å². The summed E-state index contributed by atoms with van der Waals surface area (Å²) in [6.45, 7) is 1.64. The second-order valence-electron chi connectivity index (χ2n) is 7.84. The lowest BCUT2D eigenvalue weighted by Crippen LogP contribution is -2.49. The molecule has 0 radical (unpaired) electrons. The number of carbonyl (C=O) groups excluding carboxylic acids is 4. The van der Waals surface area contributed by atoms with Gasteiger partial charge in [0.15, 0.2) is 0 Å². The number of hydrazine groups is 1.